The predicted octanol–water partition coefficient (Wildman–Crippen LogP) is 5.77. The fourth-order valence-corrected chi connectivity index (χ4v) is 3.40. The minimum absolute atomic E-state index is 0.0795. The number of aryl methyl sites for hydroxylation is 2. The molecule has 3 aromatic carbocycles. The molecule has 34 heavy (non-hydrogen) atoms. The van der Waals surface area contributed by atoms with Crippen molar-refractivity contribution in [2.45, 2.75) is 20.3 Å². The molecule has 0 unspecified atom stereocenters. The average Bonchev–Trinajstić information content (AvgIpc) is 2.82. The van der Waals surface area contributed by atoms with Gasteiger partial charge in [0.15, 0.2) is 0 Å². The molecule has 0 aliphatic carbocycles. The molecule has 0 aliphatic rings. The molecule has 1 aromatic heterocycles. The Labute approximate surface area is 199 Å². The molecule has 7 nitrogen and oxygen atoms in total. The quantitative estimate of drug-likeness (QED) is 0.314. The molecule has 4 rings (SSSR count). The Morgan fingerprint density at radius 1 is 0.765 bits per heavy atom. The summed E-state index contributed by atoms with van der Waals surface area (Å²) in [6.45, 7) is 3.91. The lowest BCUT2D eigenvalue weighted by Crippen LogP contribution is -2.14. The number of benzene rings is 3. The number of anilines is 5. The first kappa shape index (κ1) is 22.8. The molecular weight excluding hydrogens is 426 g/mol. The van der Waals surface area contributed by atoms with Crippen LogP contribution in [0.3, 0.4) is 0 Å². The van der Waals surface area contributed by atoms with Gasteiger partial charge < -0.3 is 20.7 Å². The second-order valence-electron chi connectivity index (χ2n) is 7.95. The molecule has 0 radical (unpaired) electrons. The molecule has 0 fully saturated rings. The van der Waals surface area contributed by atoms with Gasteiger partial charge in [-0.3, -0.25) is 4.79 Å². The maximum absolute atomic E-state index is 12.4. The first-order valence-electron chi connectivity index (χ1n) is 11.0. The molecule has 0 aliphatic heterocycles. The van der Waals surface area contributed by atoms with Crippen molar-refractivity contribution in [2.24, 2.45) is 0 Å². The molecule has 0 saturated heterocycles. The molecule has 1 amide bonds. The summed E-state index contributed by atoms with van der Waals surface area (Å²) in [5.41, 5.74) is 4.67. The van der Waals surface area contributed by atoms with Gasteiger partial charge in [-0.2, -0.15) is 0 Å². The van der Waals surface area contributed by atoms with Crippen LogP contribution in [-0.4, -0.2) is 23.0 Å². The zero-order valence-electron chi connectivity index (χ0n) is 19.4. The van der Waals surface area contributed by atoms with E-state index in [1.807, 2.05) is 85.8 Å². The number of nitrogens with zero attached hydrogens (tertiary/aromatic N) is 2. The highest BCUT2D eigenvalue weighted by atomic mass is 16.5. The zero-order chi connectivity index (χ0) is 23.9. The van der Waals surface area contributed by atoms with E-state index in [1.165, 1.54) is 5.56 Å². The van der Waals surface area contributed by atoms with Crippen molar-refractivity contribution in [3.05, 3.63) is 95.8 Å². The van der Waals surface area contributed by atoms with Gasteiger partial charge in [-0.25, -0.2) is 9.97 Å². The Morgan fingerprint density at radius 3 is 1.85 bits per heavy atom. The highest BCUT2D eigenvalue weighted by Crippen LogP contribution is 2.22. The van der Waals surface area contributed by atoms with E-state index < -0.39 is 0 Å². The van der Waals surface area contributed by atoms with Gasteiger partial charge in [0.05, 0.1) is 13.5 Å². The third kappa shape index (κ3) is 6.32. The number of amides is 1. The highest BCUT2D eigenvalue weighted by molar-refractivity contribution is 5.92. The van der Waals surface area contributed by atoms with E-state index in [0.29, 0.717) is 23.9 Å². The predicted molar refractivity (Wildman–Crippen MR) is 136 cm³/mol. The zero-order valence-corrected chi connectivity index (χ0v) is 19.4. The van der Waals surface area contributed by atoms with E-state index >= 15 is 0 Å². The smallest absolute Gasteiger partial charge is 0.228 e. The number of nitrogens with one attached hydrogen (secondary N) is 3. The third-order valence-electron chi connectivity index (χ3n) is 5.13. The molecule has 0 bridgehead atoms. The summed E-state index contributed by atoms with van der Waals surface area (Å²) in [5.74, 6) is 2.73. The standard InChI is InChI=1S/C27H27N5O2/c1-18-4-8-21(9-5-18)30-25-17-26(29-19(2)28-25)31-22-10-12-23(13-11-22)32-27(33)16-20-6-14-24(34-3)15-7-20/h4-15,17H,16H2,1-3H3,(H,32,33)(H2,28,29,30,31). The molecule has 1 heterocycles. The maximum Gasteiger partial charge on any atom is 0.228 e. The number of hydrogen-bond donors (Lipinski definition) is 3. The van der Waals surface area contributed by atoms with Gasteiger partial charge in [0.25, 0.3) is 0 Å². The topological polar surface area (TPSA) is 88.2 Å². The minimum Gasteiger partial charge on any atom is -0.497 e. The van der Waals surface area contributed by atoms with Crippen LogP contribution >= 0.6 is 0 Å². The van der Waals surface area contributed by atoms with Gasteiger partial charge in [0.1, 0.15) is 23.2 Å². The SMILES string of the molecule is COc1ccc(CC(=O)Nc2ccc(Nc3cc(Nc4ccc(C)cc4)nc(C)n3)cc2)cc1. The molecule has 3 N–H and O–H groups in total. The van der Waals surface area contributed by atoms with Crippen LogP contribution in [0.15, 0.2) is 78.9 Å². The van der Waals surface area contributed by atoms with Crippen LogP contribution in [0.1, 0.15) is 17.0 Å². The van der Waals surface area contributed by atoms with E-state index in [-0.39, 0.29) is 5.91 Å². The number of aromatic nitrogens is 2. The van der Waals surface area contributed by atoms with E-state index in [1.54, 1.807) is 7.11 Å². The lowest BCUT2D eigenvalue weighted by atomic mass is 10.1. The molecule has 7 heteroatoms. The van der Waals surface area contributed by atoms with Crippen LogP contribution in [-0.2, 0) is 11.2 Å². The van der Waals surface area contributed by atoms with Crippen LogP contribution < -0.4 is 20.7 Å². The summed E-state index contributed by atoms with van der Waals surface area (Å²) < 4.78 is 5.15. The number of hydrogen-bond acceptors (Lipinski definition) is 6. The molecule has 0 spiro atoms. The number of rotatable bonds is 8. The number of carbonyl (C=O) groups is 1. The van der Waals surface area contributed by atoms with Gasteiger partial charge in [0.2, 0.25) is 5.91 Å². The lowest BCUT2D eigenvalue weighted by Gasteiger charge is -2.11. The van der Waals surface area contributed by atoms with Gasteiger partial charge in [-0.15, -0.1) is 0 Å². The van der Waals surface area contributed by atoms with Crippen molar-refractivity contribution in [1.82, 2.24) is 9.97 Å². The average molecular weight is 454 g/mol. The fraction of sp³-hybridized carbons (Fsp3) is 0.148. The van der Waals surface area contributed by atoms with E-state index in [9.17, 15) is 4.79 Å². The number of ether oxygens (including phenoxy) is 1. The van der Waals surface area contributed by atoms with Crippen molar-refractivity contribution in [2.75, 3.05) is 23.1 Å². The van der Waals surface area contributed by atoms with Crippen molar-refractivity contribution < 1.29 is 9.53 Å². The summed E-state index contributed by atoms with van der Waals surface area (Å²) in [7, 11) is 1.62. The largest absolute Gasteiger partial charge is 0.497 e. The summed E-state index contributed by atoms with van der Waals surface area (Å²) in [6.07, 6.45) is 0.293. The van der Waals surface area contributed by atoms with Crippen molar-refractivity contribution in [3.63, 3.8) is 0 Å². The van der Waals surface area contributed by atoms with Crippen LogP contribution in [0.5, 0.6) is 5.75 Å². The minimum atomic E-state index is -0.0795. The van der Waals surface area contributed by atoms with Gasteiger partial charge in [-0.1, -0.05) is 29.8 Å². The molecule has 172 valence electrons. The Hall–Kier alpha value is -4.39. The monoisotopic (exact) mass is 453 g/mol. The summed E-state index contributed by atoms with van der Waals surface area (Å²) in [5, 5.41) is 9.53. The second kappa shape index (κ2) is 10.5. The fourth-order valence-electron chi connectivity index (χ4n) is 3.40. The lowest BCUT2D eigenvalue weighted by molar-refractivity contribution is -0.115. The van der Waals surface area contributed by atoms with E-state index in [4.69, 9.17) is 4.74 Å². The Balaban J connectivity index is 1.36. The van der Waals surface area contributed by atoms with Gasteiger partial charge >= 0.3 is 0 Å². The molecular formula is C27H27N5O2. The molecule has 0 saturated carbocycles. The first-order valence-corrected chi connectivity index (χ1v) is 11.0. The Morgan fingerprint density at radius 2 is 1.29 bits per heavy atom. The van der Waals surface area contributed by atoms with E-state index in [2.05, 4.69) is 32.8 Å². The second-order valence-corrected chi connectivity index (χ2v) is 7.95. The van der Waals surface area contributed by atoms with Crippen molar-refractivity contribution in [1.29, 1.82) is 0 Å². The Kier molecular flexibility index (Phi) is 7.03. The maximum atomic E-state index is 12.4. The molecule has 4 aromatic rings. The summed E-state index contributed by atoms with van der Waals surface area (Å²) >= 11 is 0. The van der Waals surface area contributed by atoms with Gasteiger partial charge in [0, 0.05) is 23.1 Å². The molecule has 0 atom stereocenters. The van der Waals surface area contributed by atoms with Crippen LogP contribution in [0.2, 0.25) is 0 Å². The first-order chi connectivity index (χ1) is 16.5. The highest BCUT2D eigenvalue weighted by Gasteiger charge is 2.06. The van der Waals surface area contributed by atoms with Crippen LogP contribution in [0.4, 0.5) is 28.7 Å². The summed E-state index contributed by atoms with van der Waals surface area (Å²) in [6, 6.07) is 25.0. The van der Waals surface area contributed by atoms with Crippen molar-refractivity contribution >= 4 is 34.6 Å². The Bertz CT molecular complexity index is 1250. The number of carbonyl (C=O) groups excluding carboxylic acids is 1. The van der Waals surface area contributed by atoms with Gasteiger partial charge in [-0.05, 0) is 67.9 Å². The van der Waals surface area contributed by atoms with Crippen LogP contribution in [0.25, 0.3) is 0 Å². The third-order valence-corrected chi connectivity index (χ3v) is 5.13. The van der Waals surface area contributed by atoms with E-state index in [0.717, 1.165) is 28.4 Å². The normalized spacial score (nSPS) is 10.4. The van der Waals surface area contributed by atoms with Crippen molar-refractivity contribution in [3.8, 4) is 5.75 Å². The number of methoxy groups -OCH3 is 1. The van der Waals surface area contributed by atoms with Crippen LogP contribution in [0, 0.1) is 13.8 Å². The summed E-state index contributed by atoms with van der Waals surface area (Å²) in [4.78, 5) is 21.3.